The molecular weight excluding hydrogens is 452 g/mol. The smallest absolute Gasteiger partial charge is 0.282 e. The monoisotopic (exact) mass is 466 g/mol. The van der Waals surface area contributed by atoms with Crippen LogP contribution in [0.25, 0.3) is 0 Å². The molecule has 0 radical (unpaired) electrons. The van der Waals surface area contributed by atoms with Gasteiger partial charge in [-0.15, -0.1) is 5.12 Å². The van der Waals surface area contributed by atoms with Crippen LogP contribution in [0.3, 0.4) is 0 Å². The van der Waals surface area contributed by atoms with Gasteiger partial charge in [0.15, 0.2) is 11.5 Å². The minimum Gasteiger partial charge on any atom is -0.494 e. The summed E-state index contributed by atoms with van der Waals surface area (Å²) in [7, 11) is 1.54. The van der Waals surface area contributed by atoms with Crippen LogP contribution in [0.1, 0.15) is 17.7 Å². The second-order valence-electron chi connectivity index (χ2n) is 6.44. The largest absolute Gasteiger partial charge is 0.494 e. The Morgan fingerprint density at radius 3 is 2.77 bits per heavy atom. The summed E-state index contributed by atoms with van der Waals surface area (Å²) in [6.07, 6.45) is -2.78. The number of hydrogen-bond acceptors (Lipinski definition) is 8. The van der Waals surface area contributed by atoms with Crippen molar-refractivity contribution in [3.8, 4) is 17.2 Å². The molecule has 2 aromatic carbocycles. The van der Waals surface area contributed by atoms with Crippen molar-refractivity contribution in [2.24, 2.45) is 5.10 Å². The zero-order valence-corrected chi connectivity index (χ0v) is 17.5. The van der Waals surface area contributed by atoms with E-state index in [0.717, 1.165) is 16.9 Å². The number of nitrogens with two attached hydrogens (primary N) is 1. The van der Waals surface area contributed by atoms with E-state index in [2.05, 4.69) is 10.1 Å². The average Bonchev–Trinajstić information content (AvgIpc) is 3.50. The lowest BCUT2D eigenvalue weighted by atomic mass is 10.2. The second-order valence-corrected chi connectivity index (χ2v) is 8.02. The molecule has 5 rings (SSSR count). The zero-order chi connectivity index (χ0) is 21.5. The van der Waals surface area contributed by atoms with Crippen LogP contribution >= 0.6 is 22.9 Å². The SMILES string of the molecule is COc1ccccc1N1N=C(c2ccc3c(c2)OCO3)[NH2+]N1c1nc(C(F)F)c(Cl)s1. The Kier molecular flexibility index (Phi) is 5.00. The van der Waals surface area contributed by atoms with Crippen molar-refractivity contribution < 1.29 is 28.4 Å². The number of rotatable bonds is 5. The van der Waals surface area contributed by atoms with Crippen LogP contribution in [0, 0.1) is 0 Å². The lowest BCUT2D eigenvalue weighted by molar-refractivity contribution is -0.545. The molecule has 12 heteroatoms. The summed E-state index contributed by atoms with van der Waals surface area (Å²) in [5.41, 5.74) is 2.57. The van der Waals surface area contributed by atoms with Gasteiger partial charge < -0.3 is 14.2 Å². The molecular formula is C19H15ClF2N5O3S+. The van der Waals surface area contributed by atoms with Crippen molar-refractivity contribution in [3.63, 3.8) is 0 Å². The minimum absolute atomic E-state index is 0.0742. The summed E-state index contributed by atoms with van der Waals surface area (Å²) in [6, 6.07) is 12.7. The van der Waals surface area contributed by atoms with Crippen LogP contribution in [-0.4, -0.2) is 24.7 Å². The molecule has 0 saturated carbocycles. The molecule has 8 nitrogen and oxygen atoms in total. The van der Waals surface area contributed by atoms with E-state index in [1.165, 1.54) is 5.12 Å². The molecule has 0 bridgehead atoms. The summed E-state index contributed by atoms with van der Waals surface area (Å²) in [4.78, 5) is 4.04. The number of thiazole rings is 1. The fourth-order valence-corrected chi connectivity index (χ4v) is 4.27. The molecule has 3 aromatic rings. The maximum absolute atomic E-state index is 13.3. The van der Waals surface area contributed by atoms with Gasteiger partial charge in [-0.05, 0) is 30.3 Å². The number of fused-ring (bicyclic) bond motifs is 1. The molecule has 0 aliphatic carbocycles. The number of alkyl halides is 2. The Morgan fingerprint density at radius 1 is 1.19 bits per heavy atom. The molecule has 31 heavy (non-hydrogen) atoms. The van der Waals surface area contributed by atoms with E-state index in [0.29, 0.717) is 28.8 Å². The summed E-state index contributed by atoms with van der Waals surface area (Å²) in [6.45, 7) is 0.155. The van der Waals surface area contributed by atoms with Crippen molar-refractivity contribution in [2.45, 2.75) is 6.43 Å². The Hall–Kier alpha value is -3.15. The standard InChI is InChI=1S/C19H14ClF2N5O3S/c1-28-12-5-3-2-4-11(12)26-24-18(10-6-7-13-14(8-10)30-9-29-13)25-27(26)19-23-15(17(21)22)16(20)31-19/h2-8,17H,9H2,1H3,(H,24,25)/p+1. The van der Waals surface area contributed by atoms with Crippen molar-refractivity contribution in [1.29, 1.82) is 0 Å². The molecule has 2 N–H and O–H groups in total. The molecule has 0 atom stereocenters. The number of para-hydroxylation sites is 2. The first kappa shape index (κ1) is 19.8. The van der Waals surface area contributed by atoms with Crippen LogP contribution < -0.4 is 29.9 Å². The van der Waals surface area contributed by atoms with E-state index in [4.69, 9.17) is 25.8 Å². The number of benzene rings is 2. The zero-order valence-electron chi connectivity index (χ0n) is 16.0. The van der Waals surface area contributed by atoms with Crippen LogP contribution in [0.2, 0.25) is 4.34 Å². The van der Waals surface area contributed by atoms with E-state index < -0.39 is 12.1 Å². The molecule has 2 aliphatic rings. The third kappa shape index (κ3) is 3.50. The first-order valence-electron chi connectivity index (χ1n) is 9.05. The molecule has 160 valence electrons. The van der Waals surface area contributed by atoms with Crippen LogP contribution in [-0.2, 0) is 0 Å². The molecule has 3 heterocycles. The lowest BCUT2D eigenvalue weighted by Gasteiger charge is -2.22. The van der Waals surface area contributed by atoms with Gasteiger partial charge in [0.1, 0.15) is 21.5 Å². The van der Waals surface area contributed by atoms with Gasteiger partial charge in [-0.3, -0.25) is 0 Å². The number of halogens is 3. The molecule has 0 spiro atoms. The fourth-order valence-electron chi connectivity index (χ4n) is 3.17. The van der Waals surface area contributed by atoms with Crippen LogP contribution in [0.5, 0.6) is 17.2 Å². The van der Waals surface area contributed by atoms with Gasteiger partial charge in [0.05, 0.1) is 12.7 Å². The molecule has 1 aromatic heterocycles. The molecule has 0 amide bonds. The quantitative estimate of drug-likeness (QED) is 0.579. The van der Waals surface area contributed by atoms with Gasteiger partial charge >= 0.3 is 0 Å². The number of hydrazine groups is 1. The van der Waals surface area contributed by atoms with Crippen molar-refractivity contribution in [1.82, 2.24) is 4.98 Å². The van der Waals surface area contributed by atoms with Gasteiger partial charge in [-0.1, -0.05) is 45.3 Å². The number of nitrogens with zero attached hydrogens (tertiary/aromatic N) is 4. The third-order valence-corrected chi connectivity index (χ3v) is 5.90. The second kappa shape index (κ2) is 7.84. The summed E-state index contributed by atoms with van der Waals surface area (Å²) < 4.78 is 42.8. The number of ether oxygens (including phenoxy) is 3. The molecule has 0 fully saturated rings. The Labute approximate surface area is 184 Å². The van der Waals surface area contributed by atoms with E-state index >= 15 is 0 Å². The third-order valence-electron chi connectivity index (χ3n) is 4.62. The fraction of sp³-hybridized carbons (Fsp3) is 0.158. The Balaban J connectivity index is 1.58. The van der Waals surface area contributed by atoms with E-state index in [1.54, 1.807) is 41.9 Å². The number of quaternary nitrogens is 1. The number of hydrazone groups is 1. The maximum atomic E-state index is 13.3. The Bertz CT molecular complexity index is 1180. The number of methoxy groups -OCH3 is 1. The van der Waals surface area contributed by atoms with Gasteiger partial charge in [0, 0.05) is 0 Å². The summed E-state index contributed by atoms with van der Waals surface area (Å²) in [5, 5.41) is 8.01. The van der Waals surface area contributed by atoms with Crippen molar-refractivity contribution in [3.05, 3.63) is 58.1 Å². The number of aromatic nitrogens is 1. The predicted molar refractivity (Wildman–Crippen MR) is 111 cm³/mol. The average molecular weight is 467 g/mol. The number of hydrogen-bond donors (Lipinski definition) is 1. The van der Waals surface area contributed by atoms with E-state index in [9.17, 15) is 8.78 Å². The predicted octanol–water partition coefficient (Wildman–Crippen LogP) is 3.55. The van der Waals surface area contributed by atoms with Gasteiger partial charge in [0.2, 0.25) is 6.79 Å². The normalized spacial score (nSPS) is 15.1. The highest BCUT2D eigenvalue weighted by molar-refractivity contribution is 7.19. The summed E-state index contributed by atoms with van der Waals surface area (Å²) >= 11 is 6.95. The first-order valence-corrected chi connectivity index (χ1v) is 10.2. The molecule has 0 saturated heterocycles. The highest BCUT2D eigenvalue weighted by Crippen LogP contribution is 2.38. The van der Waals surface area contributed by atoms with Crippen molar-refractivity contribution in [2.75, 3.05) is 24.1 Å². The van der Waals surface area contributed by atoms with E-state index in [-0.39, 0.29) is 16.3 Å². The number of amidine groups is 1. The molecule has 0 unspecified atom stereocenters. The van der Waals surface area contributed by atoms with Gasteiger partial charge in [-0.25, -0.2) is 13.8 Å². The topological polar surface area (TPSA) is 76.0 Å². The van der Waals surface area contributed by atoms with Crippen LogP contribution in [0.4, 0.5) is 19.6 Å². The number of anilines is 2. The first-order chi connectivity index (χ1) is 15.0. The van der Waals surface area contributed by atoms with Gasteiger partial charge in [-0.2, -0.15) is 5.43 Å². The van der Waals surface area contributed by atoms with Crippen LogP contribution in [0.15, 0.2) is 47.6 Å². The minimum atomic E-state index is -2.78. The van der Waals surface area contributed by atoms with E-state index in [1.807, 2.05) is 18.2 Å². The highest BCUT2D eigenvalue weighted by Gasteiger charge is 2.36. The van der Waals surface area contributed by atoms with Gasteiger partial charge in [0.25, 0.3) is 17.4 Å². The maximum Gasteiger partial charge on any atom is 0.282 e. The molecule has 2 aliphatic heterocycles. The highest BCUT2D eigenvalue weighted by atomic mass is 35.5. The van der Waals surface area contributed by atoms with Crippen molar-refractivity contribution >= 4 is 39.6 Å². The Morgan fingerprint density at radius 2 is 2.00 bits per heavy atom. The summed E-state index contributed by atoms with van der Waals surface area (Å²) in [5.74, 6) is 2.37. The lowest BCUT2D eigenvalue weighted by Crippen LogP contribution is -2.96.